The van der Waals surface area contributed by atoms with Gasteiger partial charge in [0.15, 0.2) is 0 Å². The molecule has 2 fully saturated rings. The zero-order chi connectivity index (χ0) is 16.8. The molecule has 2 aliphatic rings. The van der Waals surface area contributed by atoms with Crippen LogP contribution in [0.4, 0.5) is 18.9 Å². The number of hydrogen-bond donors (Lipinski definition) is 0. The Labute approximate surface area is 133 Å². The molecule has 0 bridgehead atoms. The second kappa shape index (κ2) is 5.66. The van der Waals surface area contributed by atoms with Gasteiger partial charge in [0.25, 0.3) is 5.92 Å². The minimum absolute atomic E-state index is 0.180. The highest BCUT2D eigenvalue weighted by molar-refractivity contribution is 7.89. The summed E-state index contributed by atoms with van der Waals surface area (Å²) < 4.78 is 66.1. The Balaban J connectivity index is 1.71. The third-order valence-electron chi connectivity index (χ3n) is 4.56. The number of rotatable bonds is 3. The van der Waals surface area contributed by atoms with Crippen molar-refractivity contribution in [2.24, 2.45) is 0 Å². The molecule has 1 aromatic carbocycles. The maximum absolute atomic E-state index is 13.9. The van der Waals surface area contributed by atoms with Crippen LogP contribution in [0.25, 0.3) is 0 Å². The van der Waals surface area contributed by atoms with Crippen LogP contribution in [-0.2, 0) is 10.0 Å². The average molecular weight is 348 g/mol. The lowest BCUT2D eigenvalue weighted by molar-refractivity contribution is -0.0697. The van der Waals surface area contributed by atoms with E-state index < -0.39 is 34.0 Å². The Morgan fingerprint density at radius 2 is 1.83 bits per heavy atom. The molecule has 0 spiro atoms. The minimum atomic E-state index is -3.73. The number of alkyl halides is 2. The van der Waals surface area contributed by atoms with E-state index in [1.165, 1.54) is 10.4 Å². The van der Waals surface area contributed by atoms with Crippen molar-refractivity contribution < 1.29 is 21.6 Å². The average Bonchev–Trinajstić information content (AvgIpc) is 2.44. The van der Waals surface area contributed by atoms with Crippen molar-refractivity contribution in [3.63, 3.8) is 0 Å². The molecule has 0 N–H and O–H groups in total. The summed E-state index contributed by atoms with van der Waals surface area (Å²) in [5.74, 6) is -3.22. The molecule has 0 amide bonds. The zero-order valence-electron chi connectivity index (χ0n) is 12.8. The topological polar surface area (TPSA) is 40.6 Å². The number of sulfonamides is 1. The van der Waals surface area contributed by atoms with E-state index in [-0.39, 0.29) is 18.4 Å². The number of benzene rings is 1. The van der Waals surface area contributed by atoms with Crippen molar-refractivity contribution in [2.45, 2.75) is 37.0 Å². The summed E-state index contributed by atoms with van der Waals surface area (Å²) in [6.45, 7) is 2.58. The van der Waals surface area contributed by atoms with Crippen LogP contribution in [0.3, 0.4) is 0 Å². The van der Waals surface area contributed by atoms with E-state index in [1.54, 1.807) is 30.0 Å². The number of nitrogens with zero attached hydrogens (tertiary/aromatic N) is 2. The number of hydrogen-bond acceptors (Lipinski definition) is 3. The first-order valence-corrected chi connectivity index (χ1v) is 9.09. The van der Waals surface area contributed by atoms with Crippen molar-refractivity contribution >= 4 is 15.7 Å². The standard InChI is InChI=1S/C15H19F3N2O2S/c1-11-10-19(14-5-3-2-4-13(14)16)6-7-20(11)23(21,22)12-8-15(17,18)9-12/h2-5,11-12H,6-10H2,1H3. The highest BCUT2D eigenvalue weighted by atomic mass is 32.2. The van der Waals surface area contributed by atoms with Crippen LogP contribution in [0.15, 0.2) is 24.3 Å². The normalized spacial score (nSPS) is 26.1. The van der Waals surface area contributed by atoms with Crippen LogP contribution < -0.4 is 4.90 Å². The molecule has 1 aromatic rings. The minimum Gasteiger partial charge on any atom is -0.366 e. The van der Waals surface area contributed by atoms with Gasteiger partial charge >= 0.3 is 0 Å². The summed E-state index contributed by atoms with van der Waals surface area (Å²) in [7, 11) is -3.73. The number of para-hydroxylation sites is 1. The Kier molecular flexibility index (Phi) is 4.08. The van der Waals surface area contributed by atoms with E-state index in [2.05, 4.69) is 0 Å². The molecule has 1 unspecified atom stereocenters. The molecule has 4 nitrogen and oxygen atoms in total. The molecule has 1 saturated heterocycles. The van der Waals surface area contributed by atoms with Gasteiger partial charge in [-0.2, -0.15) is 4.31 Å². The van der Waals surface area contributed by atoms with Gasteiger partial charge < -0.3 is 4.90 Å². The Morgan fingerprint density at radius 1 is 1.17 bits per heavy atom. The number of anilines is 1. The molecule has 8 heteroatoms. The van der Waals surface area contributed by atoms with Gasteiger partial charge in [-0.25, -0.2) is 21.6 Å². The van der Waals surface area contributed by atoms with Crippen molar-refractivity contribution in [1.29, 1.82) is 0 Å². The largest absolute Gasteiger partial charge is 0.366 e. The fourth-order valence-electron chi connectivity index (χ4n) is 3.25. The predicted octanol–water partition coefficient (Wildman–Crippen LogP) is 2.46. The van der Waals surface area contributed by atoms with Gasteiger partial charge in [0, 0.05) is 38.5 Å². The molecule has 3 rings (SSSR count). The molecule has 0 aromatic heterocycles. The Bertz CT molecular complexity index is 688. The molecule has 1 atom stereocenters. The molecule has 0 radical (unpaired) electrons. The van der Waals surface area contributed by atoms with E-state index in [9.17, 15) is 21.6 Å². The molecule has 1 saturated carbocycles. The van der Waals surface area contributed by atoms with Crippen molar-refractivity contribution in [1.82, 2.24) is 4.31 Å². The van der Waals surface area contributed by atoms with Gasteiger partial charge in [-0.15, -0.1) is 0 Å². The summed E-state index contributed by atoms with van der Waals surface area (Å²) in [5, 5.41) is -1.00. The van der Waals surface area contributed by atoms with Gasteiger partial charge in [-0.3, -0.25) is 0 Å². The van der Waals surface area contributed by atoms with E-state index in [1.807, 2.05) is 0 Å². The maximum Gasteiger partial charge on any atom is 0.250 e. The molecular weight excluding hydrogens is 329 g/mol. The summed E-state index contributed by atoms with van der Waals surface area (Å²) in [6, 6.07) is 5.95. The molecule has 1 heterocycles. The molecule has 1 aliphatic carbocycles. The van der Waals surface area contributed by atoms with Crippen LogP contribution in [-0.4, -0.2) is 49.6 Å². The van der Waals surface area contributed by atoms with Gasteiger partial charge in [-0.05, 0) is 19.1 Å². The second-order valence-corrected chi connectivity index (χ2v) is 8.45. The highest BCUT2D eigenvalue weighted by Gasteiger charge is 2.54. The van der Waals surface area contributed by atoms with Crippen LogP contribution in [0.2, 0.25) is 0 Å². The smallest absolute Gasteiger partial charge is 0.250 e. The van der Waals surface area contributed by atoms with Crippen LogP contribution in [0.5, 0.6) is 0 Å². The first kappa shape index (κ1) is 16.6. The van der Waals surface area contributed by atoms with Gasteiger partial charge in [0.2, 0.25) is 10.0 Å². The lowest BCUT2D eigenvalue weighted by Crippen LogP contribution is -2.59. The van der Waals surface area contributed by atoms with E-state index in [4.69, 9.17) is 0 Å². The zero-order valence-corrected chi connectivity index (χ0v) is 13.6. The number of piperazine rings is 1. The number of halogens is 3. The first-order chi connectivity index (χ1) is 10.7. The highest BCUT2D eigenvalue weighted by Crippen LogP contribution is 2.43. The monoisotopic (exact) mass is 348 g/mol. The van der Waals surface area contributed by atoms with E-state index in [0.717, 1.165) is 0 Å². The van der Waals surface area contributed by atoms with E-state index in [0.29, 0.717) is 18.8 Å². The molecular formula is C15H19F3N2O2S. The third kappa shape index (κ3) is 3.06. The summed E-state index contributed by atoms with van der Waals surface area (Å²) in [4.78, 5) is 1.79. The SMILES string of the molecule is CC1CN(c2ccccc2F)CCN1S(=O)(=O)C1CC(F)(F)C1. The molecule has 1 aliphatic heterocycles. The summed E-state index contributed by atoms with van der Waals surface area (Å²) in [5.41, 5.74) is 0.437. The van der Waals surface area contributed by atoms with E-state index >= 15 is 0 Å². The Morgan fingerprint density at radius 3 is 2.39 bits per heavy atom. The summed E-state index contributed by atoms with van der Waals surface area (Å²) >= 11 is 0. The third-order valence-corrected chi connectivity index (χ3v) is 6.93. The Hall–Kier alpha value is -1.28. The van der Waals surface area contributed by atoms with Crippen LogP contribution >= 0.6 is 0 Å². The van der Waals surface area contributed by atoms with Gasteiger partial charge in [0.05, 0.1) is 10.9 Å². The summed E-state index contributed by atoms with van der Waals surface area (Å²) in [6.07, 6.45) is -1.20. The van der Waals surface area contributed by atoms with Crippen molar-refractivity contribution in [3.05, 3.63) is 30.1 Å². The maximum atomic E-state index is 13.9. The lowest BCUT2D eigenvalue weighted by Gasteiger charge is -2.44. The molecule has 23 heavy (non-hydrogen) atoms. The van der Waals surface area contributed by atoms with Crippen LogP contribution in [0.1, 0.15) is 19.8 Å². The van der Waals surface area contributed by atoms with Crippen LogP contribution in [0, 0.1) is 5.82 Å². The molecule has 128 valence electrons. The quantitative estimate of drug-likeness (QED) is 0.843. The predicted molar refractivity (Wildman–Crippen MR) is 81.7 cm³/mol. The lowest BCUT2D eigenvalue weighted by atomic mass is 9.94. The first-order valence-electron chi connectivity index (χ1n) is 7.59. The van der Waals surface area contributed by atoms with Crippen molar-refractivity contribution in [3.8, 4) is 0 Å². The fraction of sp³-hybridized carbons (Fsp3) is 0.600. The van der Waals surface area contributed by atoms with Gasteiger partial charge in [-0.1, -0.05) is 12.1 Å². The fourth-order valence-corrected chi connectivity index (χ4v) is 5.45. The van der Waals surface area contributed by atoms with Gasteiger partial charge in [0.1, 0.15) is 5.82 Å². The second-order valence-electron chi connectivity index (χ2n) is 6.29. The van der Waals surface area contributed by atoms with Crippen molar-refractivity contribution in [2.75, 3.05) is 24.5 Å².